The van der Waals surface area contributed by atoms with Gasteiger partial charge in [-0.3, -0.25) is 14.5 Å². The van der Waals surface area contributed by atoms with Gasteiger partial charge in [-0.05, 0) is 37.6 Å². The van der Waals surface area contributed by atoms with E-state index in [0.717, 1.165) is 12.1 Å². The normalized spacial score (nSPS) is 16.0. The lowest BCUT2D eigenvalue weighted by Crippen LogP contribution is -2.44. The summed E-state index contributed by atoms with van der Waals surface area (Å²) < 4.78 is 42.4. The molecule has 26 heavy (non-hydrogen) atoms. The van der Waals surface area contributed by atoms with E-state index < -0.39 is 11.7 Å². The molecule has 0 aliphatic carbocycles. The number of nitrogens with zero attached hydrogens (tertiary/aromatic N) is 2. The molecule has 0 saturated carbocycles. The molecule has 0 atom stereocenters. The fraction of sp³-hybridized carbons (Fsp3) is 0.556. The first kappa shape index (κ1) is 20.2. The molecule has 1 aliphatic rings. The number of methoxy groups -OCH3 is 1. The third-order valence-electron chi connectivity index (χ3n) is 4.52. The summed E-state index contributed by atoms with van der Waals surface area (Å²) in [7, 11) is 3.10. The molecule has 5 nitrogen and oxygen atoms in total. The van der Waals surface area contributed by atoms with Gasteiger partial charge in [0, 0.05) is 19.6 Å². The Bertz CT molecular complexity index is 624. The molecule has 1 amide bonds. The van der Waals surface area contributed by atoms with E-state index in [1.54, 1.807) is 16.8 Å². The maximum atomic E-state index is 12.6. The smallest absolute Gasteiger partial charge is 0.416 e. The highest BCUT2D eigenvalue weighted by Crippen LogP contribution is 2.29. The third-order valence-corrected chi connectivity index (χ3v) is 4.52. The monoisotopic (exact) mass is 372 g/mol. The fourth-order valence-electron chi connectivity index (χ4n) is 3.03. The first-order chi connectivity index (χ1) is 12.2. The standard InChI is InChI=1S/C18H23F3N2O3/c1-22(11-13-3-5-15(6-4-13)18(19,20)21)12-16(24)23-9-7-14(8-10-23)17(25)26-2/h3-6,14H,7-12H2,1-2H3. The number of hydrogen-bond acceptors (Lipinski definition) is 4. The number of carbonyl (C=O) groups excluding carboxylic acids is 2. The van der Waals surface area contributed by atoms with E-state index in [2.05, 4.69) is 0 Å². The van der Waals surface area contributed by atoms with Crippen LogP contribution in [-0.2, 0) is 27.0 Å². The van der Waals surface area contributed by atoms with Crippen LogP contribution in [-0.4, -0.2) is 55.5 Å². The Morgan fingerprint density at radius 1 is 1.19 bits per heavy atom. The van der Waals surface area contributed by atoms with Crippen molar-refractivity contribution in [1.82, 2.24) is 9.80 Å². The molecule has 0 bridgehead atoms. The summed E-state index contributed by atoms with van der Waals surface area (Å²) in [5.41, 5.74) is 0.0196. The lowest BCUT2D eigenvalue weighted by Gasteiger charge is -2.32. The minimum Gasteiger partial charge on any atom is -0.469 e. The van der Waals surface area contributed by atoms with Gasteiger partial charge in [-0.25, -0.2) is 0 Å². The van der Waals surface area contributed by atoms with Gasteiger partial charge in [0.25, 0.3) is 0 Å². The van der Waals surface area contributed by atoms with Gasteiger partial charge in [0.15, 0.2) is 0 Å². The molecular weight excluding hydrogens is 349 g/mol. The highest BCUT2D eigenvalue weighted by atomic mass is 19.4. The fourth-order valence-corrected chi connectivity index (χ4v) is 3.03. The van der Waals surface area contributed by atoms with Crippen molar-refractivity contribution in [1.29, 1.82) is 0 Å². The summed E-state index contributed by atoms with van der Waals surface area (Å²) in [6, 6.07) is 4.93. The van der Waals surface area contributed by atoms with Crippen molar-refractivity contribution in [3.63, 3.8) is 0 Å². The molecule has 8 heteroatoms. The Balaban J connectivity index is 1.81. The van der Waals surface area contributed by atoms with E-state index in [1.165, 1.54) is 19.2 Å². The molecule has 0 spiro atoms. The number of alkyl halides is 3. The van der Waals surface area contributed by atoms with Crippen LogP contribution in [0.5, 0.6) is 0 Å². The van der Waals surface area contributed by atoms with Gasteiger partial charge < -0.3 is 9.64 Å². The molecule has 144 valence electrons. The topological polar surface area (TPSA) is 49.9 Å². The van der Waals surface area contributed by atoms with Gasteiger partial charge in [-0.2, -0.15) is 13.2 Å². The van der Waals surface area contributed by atoms with Gasteiger partial charge in [0.05, 0.1) is 25.1 Å². The maximum absolute atomic E-state index is 12.6. The summed E-state index contributed by atoms with van der Waals surface area (Å²) in [6.45, 7) is 1.56. The first-order valence-electron chi connectivity index (χ1n) is 8.41. The molecule has 1 saturated heterocycles. The lowest BCUT2D eigenvalue weighted by molar-refractivity contribution is -0.149. The Kier molecular flexibility index (Phi) is 6.63. The zero-order valence-corrected chi connectivity index (χ0v) is 14.9. The second kappa shape index (κ2) is 8.53. The van der Waals surface area contributed by atoms with E-state index in [4.69, 9.17) is 4.74 Å². The van der Waals surface area contributed by atoms with Crippen LogP contribution in [0.2, 0.25) is 0 Å². The number of benzene rings is 1. The van der Waals surface area contributed by atoms with Gasteiger partial charge in [-0.15, -0.1) is 0 Å². The number of piperidine rings is 1. The van der Waals surface area contributed by atoms with Gasteiger partial charge in [0.2, 0.25) is 5.91 Å². The highest BCUT2D eigenvalue weighted by Gasteiger charge is 2.30. The Labute approximate surface area is 150 Å². The third kappa shape index (κ3) is 5.45. The largest absolute Gasteiger partial charge is 0.469 e. The summed E-state index contributed by atoms with van der Waals surface area (Å²) >= 11 is 0. The van der Waals surface area contributed by atoms with Crippen LogP contribution in [0.15, 0.2) is 24.3 Å². The zero-order valence-electron chi connectivity index (χ0n) is 14.9. The van der Waals surface area contributed by atoms with Crippen molar-refractivity contribution in [2.75, 3.05) is 33.8 Å². The van der Waals surface area contributed by atoms with Crippen LogP contribution in [0, 0.1) is 5.92 Å². The first-order valence-corrected chi connectivity index (χ1v) is 8.41. The van der Waals surface area contributed by atoms with Crippen LogP contribution in [0.3, 0.4) is 0 Å². The number of esters is 1. The number of rotatable bonds is 5. The van der Waals surface area contributed by atoms with Crippen molar-refractivity contribution in [2.24, 2.45) is 5.92 Å². The molecular formula is C18H23F3N2O3. The molecule has 1 aromatic carbocycles. The number of amides is 1. The van der Waals surface area contributed by atoms with E-state index in [0.29, 0.717) is 38.0 Å². The number of hydrogen-bond donors (Lipinski definition) is 0. The summed E-state index contributed by atoms with van der Waals surface area (Å²) in [5, 5.41) is 0. The maximum Gasteiger partial charge on any atom is 0.416 e. The lowest BCUT2D eigenvalue weighted by atomic mass is 9.97. The van der Waals surface area contributed by atoms with Crippen molar-refractivity contribution < 1.29 is 27.5 Å². The van der Waals surface area contributed by atoms with Gasteiger partial charge in [0.1, 0.15) is 0 Å². The molecule has 0 unspecified atom stereocenters. The molecule has 2 rings (SSSR count). The Morgan fingerprint density at radius 3 is 2.27 bits per heavy atom. The van der Waals surface area contributed by atoms with E-state index in [9.17, 15) is 22.8 Å². The molecule has 0 N–H and O–H groups in total. The summed E-state index contributed by atoms with van der Waals surface area (Å²) in [6.07, 6.45) is -3.18. The van der Waals surface area contributed by atoms with Crippen LogP contribution in [0.4, 0.5) is 13.2 Å². The molecule has 0 aromatic heterocycles. The van der Waals surface area contributed by atoms with Crippen molar-refractivity contribution in [3.8, 4) is 0 Å². The predicted octanol–water partition coefficient (Wildman–Crippen LogP) is 2.55. The second-order valence-corrected chi connectivity index (χ2v) is 6.55. The molecule has 1 fully saturated rings. The number of halogens is 3. The van der Waals surface area contributed by atoms with Crippen LogP contribution in [0.1, 0.15) is 24.0 Å². The number of likely N-dealkylation sites (N-methyl/N-ethyl adjacent to an activating group) is 1. The van der Waals surface area contributed by atoms with Crippen molar-refractivity contribution >= 4 is 11.9 Å². The van der Waals surface area contributed by atoms with Gasteiger partial charge >= 0.3 is 12.1 Å². The minimum atomic E-state index is -4.35. The van der Waals surface area contributed by atoms with Crippen LogP contribution in [0.25, 0.3) is 0 Å². The van der Waals surface area contributed by atoms with Gasteiger partial charge in [-0.1, -0.05) is 12.1 Å². The molecule has 0 radical (unpaired) electrons. The Morgan fingerprint density at radius 2 is 1.77 bits per heavy atom. The van der Waals surface area contributed by atoms with E-state index >= 15 is 0 Å². The predicted molar refractivity (Wildman–Crippen MR) is 89.1 cm³/mol. The Hall–Kier alpha value is -2.09. The summed E-state index contributed by atoms with van der Waals surface area (Å²) in [4.78, 5) is 27.3. The summed E-state index contributed by atoms with van der Waals surface area (Å²) in [5.74, 6) is -0.451. The van der Waals surface area contributed by atoms with Crippen LogP contribution < -0.4 is 0 Å². The van der Waals surface area contributed by atoms with E-state index in [-0.39, 0.29) is 24.3 Å². The SMILES string of the molecule is COC(=O)C1CCN(C(=O)CN(C)Cc2ccc(C(F)(F)F)cc2)CC1. The molecule has 1 heterocycles. The molecule has 1 aliphatic heterocycles. The van der Waals surface area contributed by atoms with Crippen molar-refractivity contribution in [2.45, 2.75) is 25.6 Å². The van der Waals surface area contributed by atoms with Crippen molar-refractivity contribution in [3.05, 3.63) is 35.4 Å². The van der Waals surface area contributed by atoms with E-state index in [1.807, 2.05) is 0 Å². The molecule has 1 aromatic rings. The number of carbonyl (C=O) groups is 2. The minimum absolute atomic E-state index is 0.0530. The quantitative estimate of drug-likeness (QED) is 0.746. The number of ether oxygens (including phenoxy) is 1. The zero-order chi connectivity index (χ0) is 19.3. The van der Waals surface area contributed by atoms with Crippen LogP contribution >= 0.6 is 0 Å². The average molecular weight is 372 g/mol. The second-order valence-electron chi connectivity index (χ2n) is 6.55. The number of likely N-dealkylation sites (tertiary alicyclic amines) is 1. The average Bonchev–Trinajstić information content (AvgIpc) is 2.60. The highest BCUT2D eigenvalue weighted by molar-refractivity contribution is 5.79.